The van der Waals surface area contributed by atoms with Gasteiger partial charge in [0.15, 0.2) is 0 Å². The van der Waals surface area contributed by atoms with Crippen molar-refractivity contribution in [3.8, 4) is 0 Å². The summed E-state index contributed by atoms with van der Waals surface area (Å²) >= 11 is 0. The molecule has 0 bridgehead atoms. The predicted octanol–water partition coefficient (Wildman–Crippen LogP) is 1.52. The zero-order valence-corrected chi connectivity index (χ0v) is 14.4. The lowest BCUT2D eigenvalue weighted by molar-refractivity contribution is -0.120. The van der Waals surface area contributed by atoms with Gasteiger partial charge in [-0.25, -0.2) is 0 Å². The number of rotatable bonds is 3. The normalized spacial score (nSPS) is 18.6. The second-order valence-electron chi connectivity index (χ2n) is 6.00. The summed E-state index contributed by atoms with van der Waals surface area (Å²) in [6.45, 7) is 4.16. The Morgan fingerprint density at radius 2 is 1.88 bits per heavy atom. The maximum absolute atomic E-state index is 12.5. The van der Waals surface area contributed by atoms with Crippen LogP contribution in [0.25, 0.3) is 0 Å². The number of hydrogen-bond acceptors (Lipinski definition) is 4. The third-order valence-corrected chi connectivity index (χ3v) is 4.39. The molecule has 132 valence electrons. The van der Waals surface area contributed by atoms with Crippen LogP contribution in [0.4, 0.5) is 5.69 Å². The van der Waals surface area contributed by atoms with Crippen LogP contribution >= 0.6 is 12.4 Å². The Hall–Kier alpha value is -1.63. The van der Waals surface area contributed by atoms with E-state index >= 15 is 0 Å². The van der Waals surface area contributed by atoms with Crippen LogP contribution in [0.2, 0.25) is 0 Å². The van der Waals surface area contributed by atoms with Gasteiger partial charge < -0.3 is 20.3 Å². The molecule has 0 unspecified atom stereocenters. The van der Waals surface area contributed by atoms with Gasteiger partial charge in [0.25, 0.3) is 5.91 Å². The van der Waals surface area contributed by atoms with Crippen molar-refractivity contribution in [2.24, 2.45) is 5.92 Å². The Bertz CT molecular complexity index is 570. The van der Waals surface area contributed by atoms with Gasteiger partial charge in [-0.2, -0.15) is 0 Å². The molecule has 0 spiro atoms. The molecular weight excluding hydrogens is 330 g/mol. The van der Waals surface area contributed by atoms with Crippen LogP contribution in [-0.2, 0) is 9.53 Å². The van der Waals surface area contributed by atoms with Crippen molar-refractivity contribution in [1.82, 2.24) is 10.2 Å². The lowest BCUT2D eigenvalue weighted by atomic mass is 9.97. The number of benzene rings is 1. The van der Waals surface area contributed by atoms with Crippen LogP contribution < -0.4 is 10.6 Å². The number of carbonyl (C=O) groups is 2. The Morgan fingerprint density at radius 3 is 2.58 bits per heavy atom. The van der Waals surface area contributed by atoms with E-state index < -0.39 is 0 Å². The maximum Gasteiger partial charge on any atom is 0.254 e. The highest BCUT2D eigenvalue weighted by Gasteiger charge is 2.22. The van der Waals surface area contributed by atoms with Gasteiger partial charge in [0.2, 0.25) is 5.91 Å². The molecule has 2 N–H and O–H groups in total. The van der Waals surface area contributed by atoms with Crippen molar-refractivity contribution in [3.05, 3.63) is 29.8 Å². The third kappa shape index (κ3) is 4.69. The monoisotopic (exact) mass is 353 g/mol. The summed E-state index contributed by atoms with van der Waals surface area (Å²) in [6.07, 6.45) is 1.72. The quantitative estimate of drug-likeness (QED) is 0.864. The lowest BCUT2D eigenvalue weighted by Crippen LogP contribution is -2.40. The summed E-state index contributed by atoms with van der Waals surface area (Å²) in [7, 11) is 0. The average Bonchev–Trinajstić information content (AvgIpc) is 2.63. The predicted molar refractivity (Wildman–Crippen MR) is 94.6 cm³/mol. The van der Waals surface area contributed by atoms with Crippen LogP contribution in [0.15, 0.2) is 24.3 Å². The largest absolute Gasteiger partial charge is 0.378 e. The van der Waals surface area contributed by atoms with Gasteiger partial charge in [0.1, 0.15) is 0 Å². The van der Waals surface area contributed by atoms with Crippen molar-refractivity contribution in [3.63, 3.8) is 0 Å². The van der Waals surface area contributed by atoms with Gasteiger partial charge in [0.05, 0.1) is 13.2 Å². The van der Waals surface area contributed by atoms with Crippen LogP contribution in [-0.4, -0.2) is 56.1 Å². The number of hydrogen-bond donors (Lipinski definition) is 2. The molecule has 3 rings (SSSR count). The topological polar surface area (TPSA) is 70.7 Å². The first-order chi connectivity index (χ1) is 11.2. The molecule has 6 nitrogen and oxygen atoms in total. The van der Waals surface area contributed by atoms with Crippen molar-refractivity contribution < 1.29 is 14.3 Å². The minimum Gasteiger partial charge on any atom is -0.378 e. The van der Waals surface area contributed by atoms with E-state index in [-0.39, 0.29) is 30.1 Å². The van der Waals surface area contributed by atoms with Gasteiger partial charge in [-0.3, -0.25) is 9.59 Å². The second kappa shape index (κ2) is 9.01. The highest BCUT2D eigenvalue weighted by Crippen LogP contribution is 2.18. The molecular formula is C17H24ClN3O3. The van der Waals surface area contributed by atoms with Gasteiger partial charge in [-0.05, 0) is 44.1 Å². The van der Waals surface area contributed by atoms with Crippen LogP contribution in [0, 0.1) is 5.92 Å². The highest BCUT2D eigenvalue weighted by atomic mass is 35.5. The second-order valence-corrected chi connectivity index (χ2v) is 6.00. The standard InChI is InChI=1S/C17H23N3O3.ClH/c21-16(13-4-6-18-7-5-13)19-15-3-1-2-14(12-15)17(22)20-8-10-23-11-9-20;/h1-3,12-13,18H,4-11H2,(H,19,21);1H. The Balaban J connectivity index is 0.00000208. The number of piperidine rings is 1. The van der Waals surface area contributed by atoms with E-state index in [1.807, 2.05) is 12.1 Å². The van der Waals surface area contributed by atoms with E-state index in [2.05, 4.69) is 10.6 Å². The fraction of sp³-hybridized carbons (Fsp3) is 0.529. The number of amides is 2. The van der Waals surface area contributed by atoms with Crippen LogP contribution in [0.3, 0.4) is 0 Å². The molecule has 0 aromatic heterocycles. The lowest BCUT2D eigenvalue weighted by Gasteiger charge is -2.27. The number of halogens is 1. The molecule has 1 aromatic rings. The molecule has 2 fully saturated rings. The molecule has 0 atom stereocenters. The molecule has 24 heavy (non-hydrogen) atoms. The first kappa shape index (κ1) is 18.7. The van der Waals surface area contributed by atoms with E-state index in [1.54, 1.807) is 17.0 Å². The molecule has 2 aliphatic heterocycles. The first-order valence-corrected chi connectivity index (χ1v) is 8.23. The van der Waals surface area contributed by atoms with E-state index in [9.17, 15) is 9.59 Å². The van der Waals surface area contributed by atoms with E-state index in [0.29, 0.717) is 37.6 Å². The smallest absolute Gasteiger partial charge is 0.254 e. The third-order valence-electron chi connectivity index (χ3n) is 4.39. The summed E-state index contributed by atoms with van der Waals surface area (Å²) < 4.78 is 5.27. The number of anilines is 1. The number of carbonyl (C=O) groups excluding carboxylic acids is 2. The van der Waals surface area contributed by atoms with Gasteiger partial charge >= 0.3 is 0 Å². The van der Waals surface area contributed by atoms with Crippen LogP contribution in [0.5, 0.6) is 0 Å². The zero-order chi connectivity index (χ0) is 16.1. The fourth-order valence-electron chi connectivity index (χ4n) is 3.01. The van der Waals surface area contributed by atoms with E-state index in [4.69, 9.17) is 4.74 Å². The SMILES string of the molecule is Cl.O=C(Nc1cccc(C(=O)N2CCOCC2)c1)C1CCNCC1. The van der Waals surface area contributed by atoms with Gasteiger partial charge in [-0.15, -0.1) is 12.4 Å². The minimum atomic E-state index is -0.00809. The van der Waals surface area contributed by atoms with E-state index in [1.165, 1.54) is 0 Å². The summed E-state index contributed by atoms with van der Waals surface area (Å²) in [4.78, 5) is 26.6. The summed E-state index contributed by atoms with van der Waals surface area (Å²) in [6, 6.07) is 7.19. The van der Waals surface area contributed by atoms with Gasteiger partial charge in [-0.1, -0.05) is 6.07 Å². The summed E-state index contributed by atoms with van der Waals surface area (Å²) in [5.74, 6) is 0.0867. The average molecular weight is 354 g/mol. The molecule has 2 aliphatic rings. The molecule has 2 heterocycles. The molecule has 7 heteroatoms. The zero-order valence-electron chi connectivity index (χ0n) is 13.6. The van der Waals surface area contributed by atoms with E-state index in [0.717, 1.165) is 25.9 Å². The molecule has 2 saturated heterocycles. The van der Waals surface area contributed by atoms with Crippen molar-refractivity contribution in [1.29, 1.82) is 0 Å². The number of ether oxygens (including phenoxy) is 1. The molecule has 0 saturated carbocycles. The Kier molecular flexibility index (Phi) is 7.02. The Morgan fingerprint density at radius 1 is 1.17 bits per heavy atom. The highest BCUT2D eigenvalue weighted by molar-refractivity contribution is 5.97. The molecule has 0 radical (unpaired) electrons. The van der Waals surface area contributed by atoms with Crippen molar-refractivity contribution >= 4 is 29.9 Å². The number of morpholine rings is 1. The number of nitrogens with zero attached hydrogens (tertiary/aromatic N) is 1. The Labute approximate surface area is 148 Å². The fourth-order valence-corrected chi connectivity index (χ4v) is 3.01. The van der Waals surface area contributed by atoms with Crippen molar-refractivity contribution in [2.45, 2.75) is 12.8 Å². The van der Waals surface area contributed by atoms with Gasteiger partial charge in [0, 0.05) is 30.3 Å². The summed E-state index contributed by atoms with van der Waals surface area (Å²) in [5, 5.41) is 6.20. The summed E-state index contributed by atoms with van der Waals surface area (Å²) in [5.41, 5.74) is 1.29. The minimum absolute atomic E-state index is 0. The first-order valence-electron chi connectivity index (χ1n) is 8.23. The van der Waals surface area contributed by atoms with Crippen molar-refractivity contribution in [2.75, 3.05) is 44.7 Å². The number of nitrogens with one attached hydrogen (secondary N) is 2. The van der Waals surface area contributed by atoms with Crippen LogP contribution in [0.1, 0.15) is 23.2 Å². The molecule has 0 aliphatic carbocycles. The molecule has 1 aromatic carbocycles. The molecule has 2 amide bonds. The maximum atomic E-state index is 12.5.